The Bertz CT molecular complexity index is 817. The molecule has 0 radical (unpaired) electrons. The molecule has 0 aromatic rings. The van der Waals surface area contributed by atoms with Crippen molar-refractivity contribution in [1.29, 1.82) is 0 Å². The molecule has 9 heteroatoms. The molecule has 1 fully saturated rings. The SMILES string of the molecule is CC(C)OC(=O)CCC/C=C\C[C@@H]1[C@@H](/C=C/[C@@H](O)COC2=CC=CC(C(F)(F)F)C2C)[C@H](O)C[C@@H]1O. The first-order chi connectivity index (χ1) is 16.9. The molecule has 0 aromatic heterocycles. The van der Waals surface area contributed by atoms with Gasteiger partial charge >= 0.3 is 12.1 Å². The van der Waals surface area contributed by atoms with E-state index < -0.39 is 36.3 Å². The number of carbonyl (C=O) groups is 1. The van der Waals surface area contributed by atoms with Crippen LogP contribution in [-0.2, 0) is 14.3 Å². The maximum atomic E-state index is 13.1. The number of hydrogen-bond acceptors (Lipinski definition) is 6. The highest BCUT2D eigenvalue weighted by molar-refractivity contribution is 5.69. The van der Waals surface area contributed by atoms with Crippen LogP contribution in [-0.4, -0.2) is 58.5 Å². The molecule has 2 aliphatic carbocycles. The van der Waals surface area contributed by atoms with Gasteiger partial charge in [-0.1, -0.05) is 43.4 Å². The quantitative estimate of drug-likeness (QED) is 0.199. The number of halogens is 3. The summed E-state index contributed by atoms with van der Waals surface area (Å²) in [6.07, 6.45) is 6.17. The first-order valence-corrected chi connectivity index (χ1v) is 12.5. The van der Waals surface area contributed by atoms with Crippen molar-refractivity contribution in [3.05, 3.63) is 48.3 Å². The molecule has 6 nitrogen and oxygen atoms in total. The summed E-state index contributed by atoms with van der Waals surface area (Å²) in [5.41, 5.74) is 0. The van der Waals surface area contributed by atoms with Gasteiger partial charge in [-0.2, -0.15) is 13.2 Å². The second-order valence-corrected chi connectivity index (χ2v) is 9.82. The van der Waals surface area contributed by atoms with Gasteiger partial charge in [-0.05, 0) is 45.1 Å². The average Bonchev–Trinajstić information content (AvgIpc) is 3.04. The van der Waals surface area contributed by atoms with E-state index in [2.05, 4.69) is 0 Å². The third kappa shape index (κ3) is 9.41. The summed E-state index contributed by atoms with van der Waals surface area (Å²) in [5, 5.41) is 31.0. The van der Waals surface area contributed by atoms with E-state index in [1.807, 2.05) is 12.2 Å². The van der Waals surface area contributed by atoms with Gasteiger partial charge in [0.2, 0.25) is 0 Å². The van der Waals surface area contributed by atoms with Crippen molar-refractivity contribution < 1.29 is 42.8 Å². The molecular weight excluding hydrogens is 477 g/mol. The van der Waals surface area contributed by atoms with Crippen LogP contribution in [0.3, 0.4) is 0 Å². The number of unbranched alkanes of at least 4 members (excludes halogenated alkanes) is 1. The molecule has 2 aliphatic rings. The molecule has 0 amide bonds. The van der Waals surface area contributed by atoms with Crippen LogP contribution in [0.15, 0.2) is 48.3 Å². The molecule has 0 heterocycles. The maximum Gasteiger partial charge on any atom is 0.395 e. The van der Waals surface area contributed by atoms with Gasteiger partial charge in [0.05, 0.1) is 30.0 Å². The fourth-order valence-corrected chi connectivity index (χ4v) is 4.60. The van der Waals surface area contributed by atoms with E-state index in [4.69, 9.17) is 9.47 Å². The molecule has 2 unspecified atom stereocenters. The Labute approximate surface area is 211 Å². The van der Waals surface area contributed by atoms with Crippen molar-refractivity contribution in [3.63, 3.8) is 0 Å². The number of esters is 1. The Morgan fingerprint density at radius 1 is 1.22 bits per heavy atom. The van der Waals surface area contributed by atoms with Gasteiger partial charge in [0.1, 0.15) is 12.7 Å². The average molecular weight is 517 g/mol. The lowest BCUT2D eigenvalue weighted by atomic mass is 9.88. The predicted molar refractivity (Wildman–Crippen MR) is 129 cm³/mol. The van der Waals surface area contributed by atoms with Crippen molar-refractivity contribution in [2.24, 2.45) is 23.7 Å². The molecule has 0 aromatic carbocycles. The number of rotatable bonds is 12. The summed E-state index contributed by atoms with van der Waals surface area (Å²) >= 11 is 0. The minimum absolute atomic E-state index is 0.134. The van der Waals surface area contributed by atoms with Crippen LogP contribution >= 0.6 is 0 Å². The minimum atomic E-state index is -4.38. The first-order valence-electron chi connectivity index (χ1n) is 12.5. The van der Waals surface area contributed by atoms with Crippen LogP contribution in [0.1, 0.15) is 52.9 Å². The first kappa shape index (κ1) is 30.1. The monoisotopic (exact) mass is 516 g/mol. The van der Waals surface area contributed by atoms with Crippen LogP contribution in [0, 0.1) is 23.7 Å². The van der Waals surface area contributed by atoms with Crippen molar-refractivity contribution in [3.8, 4) is 0 Å². The molecule has 7 atom stereocenters. The molecular formula is C27H39F3O6. The normalized spacial score (nSPS) is 29.8. The highest BCUT2D eigenvalue weighted by atomic mass is 19.4. The molecule has 0 saturated heterocycles. The van der Waals surface area contributed by atoms with E-state index in [1.165, 1.54) is 25.2 Å². The van der Waals surface area contributed by atoms with Gasteiger partial charge in [0.25, 0.3) is 0 Å². The van der Waals surface area contributed by atoms with E-state index >= 15 is 0 Å². The molecule has 0 bridgehead atoms. The fraction of sp³-hybridized carbons (Fsp3) is 0.667. The molecule has 3 N–H and O–H groups in total. The molecule has 0 aliphatic heterocycles. The Balaban J connectivity index is 1.82. The molecule has 2 rings (SSSR count). The van der Waals surface area contributed by atoms with Crippen LogP contribution in [0.2, 0.25) is 0 Å². The number of aliphatic hydroxyl groups is 3. The lowest BCUT2D eigenvalue weighted by molar-refractivity contribution is -0.173. The number of carbonyl (C=O) groups excluding carboxylic acids is 1. The minimum Gasteiger partial charge on any atom is -0.495 e. The highest BCUT2D eigenvalue weighted by Crippen LogP contribution is 2.39. The highest BCUT2D eigenvalue weighted by Gasteiger charge is 2.44. The molecule has 36 heavy (non-hydrogen) atoms. The van der Waals surface area contributed by atoms with Gasteiger partial charge < -0.3 is 24.8 Å². The topological polar surface area (TPSA) is 96.2 Å². The Morgan fingerprint density at radius 2 is 1.94 bits per heavy atom. The number of allylic oxidation sites excluding steroid dienone is 6. The van der Waals surface area contributed by atoms with E-state index in [9.17, 15) is 33.3 Å². The van der Waals surface area contributed by atoms with Crippen LogP contribution < -0.4 is 0 Å². The van der Waals surface area contributed by atoms with Gasteiger partial charge in [-0.25, -0.2) is 0 Å². The number of ether oxygens (including phenoxy) is 2. The number of hydrogen-bond donors (Lipinski definition) is 3. The second kappa shape index (κ2) is 14.0. The Kier molecular flexibility index (Phi) is 11.7. The maximum absolute atomic E-state index is 13.1. The van der Waals surface area contributed by atoms with Crippen LogP contribution in [0.5, 0.6) is 0 Å². The standard InChI is InChI=1S/C27H39F3O6/c1-17(2)36-26(34)12-7-5-4-6-9-20-21(24(33)15-23(20)32)14-13-19(31)16-35-25-11-8-10-22(18(25)3)27(28,29)30/h4,6,8,10-11,13-14,17-24,31-33H,5,7,9,12,15-16H2,1-3H3/b6-4-,14-13+/t18?,19-,20-,21-,22?,23+,24-/m1/s1. The lowest BCUT2D eigenvalue weighted by Gasteiger charge is -2.28. The zero-order chi connectivity index (χ0) is 26.9. The Hall–Kier alpha value is -2.10. The zero-order valence-electron chi connectivity index (χ0n) is 21.1. The van der Waals surface area contributed by atoms with Crippen molar-refractivity contribution >= 4 is 5.97 Å². The summed E-state index contributed by atoms with van der Waals surface area (Å²) in [6.45, 7) is 4.81. The third-order valence-corrected chi connectivity index (χ3v) is 6.53. The third-order valence-electron chi connectivity index (χ3n) is 6.53. The molecule has 204 valence electrons. The van der Waals surface area contributed by atoms with Gasteiger partial charge in [0, 0.05) is 24.7 Å². The van der Waals surface area contributed by atoms with E-state index in [1.54, 1.807) is 19.9 Å². The van der Waals surface area contributed by atoms with Crippen molar-refractivity contribution in [1.82, 2.24) is 0 Å². The van der Waals surface area contributed by atoms with E-state index in [0.29, 0.717) is 25.7 Å². The Morgan fingerprint density at radius 3 is 2.61 bits per heavy atom. The fourth-order valence-electron chi connectivity index (χ4n) is 4.60. The van der Waals surface area contributed by atoms with Gasteiger partial charge in [-0.3, -0.25) is 4.79 Å². The zero-order valence-corrected chi connectivity index (χ0v) is 21.1. The van der Waals surface area contributed by atoms with Gasteiger partial charge in [0.15, 0.2) is 0 Å². The summed E-state index contributed by atoms with van der Waals surface area (Å²) in [5.74, 6) is -3.23. The van der Waals surface area contributed by atoms with Crippen LogP contribution in [0.4, 0.5) is 13.2 Å². The smallest absolute Gasteiger partial charge is 0.395 e. The largest absolute Gasteiger partial charge is 0.495 e. The number of aliphatic hydroxyl groups excluding tert-OH is 3. The van der Waals surface area contributed by atoms with Gasteiger partial charge in [-0.15, -0.1) is 0 Å². The molecule has 0 spiro atoms. The molecule has 1 saturated carbocycles. The van der Waals surface area contributed by atoms with Crippen LogP contribution in [0.25, 0.3) is 0 Å². The summed E-state index contributed by atoms with van der Waals surface area (Å²) in [7, 11) is 0. The van der Waals surface area contributed by atoms with E-state index in [-0.39, 0.29) is 42.7 Å². The predicted octanol–water partition coefficient (Wildman–Crippen LogP) is 4.61. The second-order valence-electron chi connectivity index (χ2n) is 9.82. The summed E-state index contributed by atoms with van der Waals surface area (Å²) < 4.78 is 49.9. The van der Waals surface area contributed by atoms with E-state index in [0.717, 1.165) is 6.08 Å². The summed E-state index contributed by atoms with van der Waals surface area (Å²) in [6, 6.07) is 0. The lowest BCUT2D eigenvalue weighted by Crippen LogP contribution is -2.31. The summed E-state index contributed by atoms with van der Waals surface area (Å²) in [4.78, 5) is 11.6. The number of alkyl halides is 3. The van der Waals surface area contributed by atoms with Crippen molar-refractivity contribution in [2.75, 3.05) is 6.61 Å². The van der Waals surface area contributed by atoms with Crippen molar-refractivity contribution in [2.45, 2.75) is 83.5 Å².